The highest BCUT2D eigenvalue weighted by Gasteiger charge is 2.23. The number of amides is 3. The van der Waals surface area contributed by atoms with E-state index in [-0.39, 0.29) is 48.6 Å². The van der Waals surface area contributed by atoms with Crippen molar-refractivity contribution < 1.29 is 14.3 Å². The van der Waals surface area contributed by atoms with Gasteiger partial charge in [0.25, 0.3) is 5.91 Å². The number of urea groups is 1. The minimum Gasteiger partial charge on any atom is -0.384 e. The number of halogens is 2. The van der Waals surface area contributed by atoms with Gasteiger partial charge in [-0.15, -0.1) is 24.8 Å². The molecule has 11 nitrogen and oxygen atoms in total. The van der Waals surface area contributed by atoms with Crippen LogP contribution < -0.4 is 21.8 Å². The highest BCUT2D eigenvalue weighted by atomic mass is 35.5. The van der Waals surface area contributed by atoms with E-state index in [1.807, 2.05) is 84.7 Å². The molecule has 1 fully saturated rings. The average Bonchev–Trinajstić information content (AvgIpc) is 3.40. The normalized spacial score (nSPS) is 13.3. The standard InChI is InChI=1S/C34H42N8O3.2ClH/c1-2-45-22-6-19-42-30-15-14-26(23-29(30)39-31(42)16-11-24-9-12-25(13-10-24)32(35)36)33(43)40-41-20-17-28(18-21-41)38-34(44)37-27-7-4-3-5-8-27;;/h3-5,7-10,12-15,23,28H,2,6,11,16-22H2,1H3,(H3,35,36)(H,40,43)(H2,37,38,44);2*1H. The summed E-state index contributed by atoms with van der Waals surface area (Å²) in [5.74, 6) is 0.839. The molecule has 3 aromatic carbocycles. The Labute approximate surface area is 287 Å². The Morgan fingerprint density at radius 3 is 2.36 bits per heavy atom. The molecule has 0 bridgehead atoms. The zero-order valence-electron chi connectivity index (χ0n) is 26.5. The van der Waals surface area contributed by atoms with E-state index in [1.54, 1.807) is 0 Å². The molecule has 1 aromatic heterocycles. The Morgan fingerprint density at radius 1 is 0.979 bits per heavy atom. The number of hydrogen-bond donors (Lipinski definition) is 5. The number of imidazole rings is 1. The average molecular weight is 684 g/mol. The van der Waals surface area contributed by atoms with E-state index in [2.05, 4.69) is 20.6 Å². The molecule has 5 rings (SSSR count). The number of piperidine rings is 1. The van der Waals surface area contributed by atoms with Crippen LogP contribution in [0.5, 0.6) is 0 Å². The predicted octanol–water partition coefficient (Wildman–Crippen LogP) is 5.31. The maximum atomic E-state index is 13.2. The number of para-hydroxylation sites is 1. The zero-order valence-corrected chi connectivity index (χ0v) is 28.2. The smallest absolute Gasteiger partial charge is 0.319 e. The lowest BCUT2D eigenvalue weighted by atomic mass is 10.1. The fraction of sp³-hybridized carbons (Fsp3) is 0.353. The van der Waals surface area contributed by atoms with Crippen molar-refractivity contribution in [2.45, 2.75) is 51.6 Å². The van der Waals surface area contributed by atoms with Gasteiger partial charge in [0.2, 0.25) is 0 Å². The number of hydrazine groups is 1. The summed E-state index contributed by atoms with van der Waals surface area (Å²) in [4.78, 5) is 30.6. The second-order valence-corrected chi connectivity index (χ2v) is 11.2. The minimum absolute atomic E-state index is 0. The molecule has 0 unspecified atom stereocenters. The third-order valence-corrected chi connectivity index (χ3v) is 7.99. The van der Waals surface area contributed by atoms with Crippen LogP contribution in [0.25, 0.3) is 11.0 Å². The number of aromatic nitrogens is 2. The van der Waals surface area contributed by atoms with Gasteiger partial charge in [-0.25, -0.2) is 14.8 Å². The number of nitrogens with two attached hydrogens (primary N) is 1. The number of aryl methyl sites for hydroxylation is 3. The molecule has 1 saturated heterocycles. The van der Waals surface area contributed by atoms with E-state index in [1.165, 1.54) is 0 Å². The zero-order chi connectivity index (χ0) is 31.6. The van der Waals surface area contributed by atoms with Crippen molar-refractivity contribution in [3.8, 4) is 0 Å². The van der Waals surface area contributed by atoms with Gasteiger partial charge in [-0.1, -0.05) is 42.5 Å². The van der Waals surface area contributed by atoms with Crippen molar-refractivity contribution in [1.82, 2.24) is 25.3 Å². The molecule has 0 radical (unpaired) electrons. The summed E-state index contributed by atoms with van der Waals surface area (Å²) < 4.78 is 7.80. The highest BCUT2D eigenvalue weighted by molar-refractivity contribution is 5.97. The molecular weight excluding hydrogens is 639 g/mol. The summed E-state index contributed by atoms with van der Waals surface area (Å²) >= 11 is 0. The molecule has 6 N–H and O–H groups in total. The van der Waals surface area contributed by atoms with Gasteiger partial charge >= 0.3 is 6.03 Å². The minimum atomic E-state index is -0.223. The number of fused-ring (bicyclic) bond motifs is 1. The van der Waals surface area contributed by atoms with Crippen molar-refractivity contribution in [3.05, 3.63) is 95.3 Å². The van der Waals surface area contributed by atoms with Crippen LogP contribution in [0.15, 0.2) is 72.8 Å². The van der Waals surface area contributed by atoms with E-state index >= 15 is 0 Å². The monoisotopic (exact) mass is 682 g/mol. The first-order chi connectivity index (χ1) is 21.9. The molecule has 3 amide bonds. The number of rotatable bonds is 13. The van der Waals surface area contributed by atoms with Gasteiger partial charge in [0.05, 0.1) is 11.0 Å². The molecule has 0 atom stereocenters. The first kappa shape index (κ1) is 37.3. The largest absolute Gasteiger partial charge is 0.384 e. The summed E-state index contributed by atoms with van der Waals surface area (Å²) in [6, 6.07) is 22.6. The molecule has 0 aliphatic carbocycles. The second kappa shape index (κ2) is 18.2. The Hall–Kier alpha value is -4.16. The van der Waals surface area contributed by atoms with Crippen LogP contribution in [0.4, 0.5) is 10.5 Å². The molecule has 1 aliphatic heterocycles. The molecule has 0 spiro atoms. The molecular formula is C34H44Cl2N8O3. The van der Waals surface area contributed by atoms with Crippen LogP contribution in [0, 0.1) is 5.41 Å². The van der Waals surface area contributed by atoms with E-state index < -0.39 is 0 Å². The number of amidine groups is 1. The van der Waals surface area contributed by atoms with Gasteiger partial charge in [-0.05, 0) is 68.5 Å². The van der Waals surface area contributed by atoms with Crippen LogP contribution in [0.1, 0.15) is 53.5 Å². The van der Waals surface area contributed by atoms with E-state index in [0.29, 0.717) is 37.4 Å². The van der Waals surface area contributed by atoms with Gasteiger partial charge in [0.1, 0.15) is 11.7 Å². The Bertz CT molecular complexity index is 1610. The van der Waals surface area contributed by atoms with Gasteiger partial charge in [0.15, 0.2) is 0 Å². The van der Waals surface area contributed by atoms with Crippen molar-refractivity contribution in [2.24, 2.45) is 5.73 Å². The van der Waals surface area contributed by atoms with Gasteiger partial charge in [-0.2, -0.15) is 0 Å². The van der Waals surface area contributed by atoms with Crippen molar-refractivity contribution in [3.63, 3.8) is 0 Å². The second-order valence-electron chi connectivity index (χ2n) is 11.2. The lowest BCUT2D eigenvalue weighted by Crippen LogP contribution is -2.51. The fourth-order valence-corrected chi connectivity index (χ4v) is 5.56. The van der Waals surface area contributed by atoms with Crippen LogP contribution in [-0.4, -0.2) is 64.7 Å². The molecule has 1 aliphatic rings. The number of nitrogen functional groups attached to an aromatic ring is 1. The maximum absolute atomic E-state index is 13.2. The summed E-state index contributed by atoms with van der Waals surface area (Å²) in [7, 11) is 0. The summed E-state index contributed by atoms with van der Waals surface area (Å²) in [6.45, 7) is 5.39. The maximum Gasteiger partial charge on any atom is 0.319 e. The highest BCUT2D eigenvalue weighted by Crippen LogP contribution is 2.21. The predicted molar refractivity (Wildman–Crippen MR) is 191 cm³/mol. The number of carbonyl (C=O) groups is 2. The first-order valence-corrected chi connectivity index (χ1v) is 15.6. The number of nitrogens with one attached hydrogen (secondary N) is 4. The van der Waals surface area contributed by atoms with Crippen molar-refractivity contribution >= 4 is 59.3 Å². The molecule has 13 heteroatoms. The van der Waals surface area contributed by atoms with E-state index in [0.717, 1.165) is 66.8 Å². The van der Waals surface area contributed by atoms with Gasteiger partial charge < -0.3 is 25.7 Å². The van der Waals surface area contributed by atoms with Gasteiger partial charge in [0, 0.05) is 62.1 Å². The summed E-state index contributed by atoms with van der Waals surface area (Å²) in [6.07, 6.45) is 3.85. The SMILES string of the molecule is CCOCCCn1c(CCc2ccc(C(=N)N)cc2)nc2cc(C(=O)NN3CCC(NC(=O)Nc4ccccc4)CC3)ccc21.Cl.Cl. The number of nitrogens with zero attached hydrogens (tertiary/aromatic N) is 3. The molecule has 0 saturated carbocycles. The van der Waals surface area contributed by atoms with Crippen molar-refractivity contribution in [1.29, 1.82) is 5.41 Å². The summed E-state index contributed by atoms with van der Waals surface area (Å²) in [5, 5.41) is 15.4. The Balaban J connectivity index is 0.00000300. The number of carbonyl (C=O) groups excluding carboxylic acids is 2. The fourth-order valence-electron chi connectivity index (χ4n) is 5.56. The molecule has 2 heterocycles. The molecule has 4 aromatic rings. The van der Waals surface area contributed by atoms with E-state index in [9.17, 15) is 9.59 Å². The Kier molecular flexibility index (Phi) is 14.5. The lowest BCUT2D eigenvalue weighted by Gasteiger charge is -2.32. The van der Waals surface area contributed by atoms with E-state index in [4.69, 9.17) is 20.9 Å². The van der Waals surface area contributed by atoms with Crippen LogP contribution in [0.2, 0.25) is 0 Å². The molecule has 252 valence electrons. The van der Waals surface area contributed by atoms with Crippen LogP contribution in [0.3, 0.4) is 0 Å². The summed E-state index contributed by atoms with van der Waals surface area (Å²) in [5.41, 5.74) is 13.6. The lowest BCUT2D eigenvalue weighted by molar-refractivity contribution is 0.0726. The third kappa shape index (κ3) is 10.4. The van der Waals surface area contributed by atoms with Crippen LogP contribution >= 0.6 is 24.8 Å². The van der Waals surface area contributed by atoms with Gasteiger partial charge in [-0.3, -0.25) is 15.6 Å². The number of anilines is 1. The quantitative estimate of drug-likeness (QED) is 0.0733. The third-order valence-electron chi connectivity index (χ3n) is 7.99. The topological polar surface area (TPSA) is 150 Å². The molecule has 47 heavy (non-hydrogen) atoms. The number of benzene rings is 3. The Morgan fingerprint density at radius 2 is 1.68 bits per heavy atom. The van der Waals surface area contributed by atoms with Crippen molar-refractivity contribution in [2.75, 3.05) is 31.6 Å². The number of hydrogen-bond acceptors (Lipinski definition) is 6. The number of ether oxygens (including phenoxy) is 1. The van der Waals surface area contributed by atoms with Crippen LogP contribution in [-0.2, 0) is 24.1 Å². The first-order valence-electron chi connectivity index (χ1n) is 15.6.